The zero-order valence-electron chi connectivity index (χ0n) is 15.9. The average molecular weight is 381 g/mol. The van der Waals surface area contributed by atoms with E-state index in [0.29, 0.717) is 29.0 Å². The van der Waals surface area contributed by atoms with Crippen molar-refractivity contribution in [3.63, 3.8) is 0 Å². The van der Waals surface area contributed by atoms with Crippen LogP contribution >= 0.6 is 11.8 Å². The van der Waals surface area contributed by atoms with Crippen LogP contribution in [0.4, 0.5) is 0 Å². The van der Waals surface area contributed by atoms with Crippen molar-refractivity contribution in [3.05, 3.63) is 81.2 Å². The molecule has 0 saturated carbocycles. The highest BCUT2D eigenvalue weighted by molar-refractivity contribution is 8.13. The zero-order valence-corrected chi connectivity index (χ0v) is 16.7. The van der Waals surface area contributed by atoms with Crippen LogP contribution in [-0.2, 0) is 12.3 Å². The van der Waals surface area contributed by atoms with Gasteiger partial charge in [-0.05, 0) is 47.2 Å². The summed E-state index contributed by atoms with van der Waals surface area (Å²) in [6.07, 6.45) is 0. The minimum atomic E-state index is -0.338. The second kappa shape index (κ2) is 8.44. The lowest BCUT2D eigenvalue weighted by molar-refractivity contribution is 0.559. The van der Waals surface area contributed by atoms with E-state index in [2.05, 4.69) is 24.9 Å². The molecule has 0 atom stereocenters. The first-order valence-corrected chi connectivity index (χ1v) is 9.96. The second-order valence-corrected chi connectivity index (χ2v) is 7.87. The molecule has 0 radical (unpaired) electrons. The Morgan fingerprint density at radius 2 is 1.93 bits per heavy atom. The Morgan fingerprint density at radius 3 is 2.63 bits per heavy atom. The van der Waals surface area contributed by atoms with Gasteiger partial charge in [-0.1, -0.05) is 55.9 Å². The fourth-order valence-corrected chi connectivity index (χ4v) is 3.78. The standard InChI is InChI=1S/C22H24N2O2S/c1-14(2)18-11-19-17(10-21(25)26-20(19)9-15(18)3)13-27-22(23)24-12-16-7-5-4-6-8-16/h4-11,14H,12-13H2,1-3H3,(H2,23,24). The lowest BCUT2D eigenvalue weighted by Gasteiger charge is -2.13. The zero-order chi connectivity index (χ0) is 19.4. The van der Waals surface area contributed by atoms with E-state index in [1.165, 1.54) is 17.3 Å². The lowest BCUT2D eigenvalue weighted by Crippen LogP contribution is -2.08. The topological polar surface area (TPSA) is 68.6 Å². The summed E-state index contributed by atoms with van der Waals surface area (Å²) < 4.78 is 5.40. The summed E-state index contributed by atoms with van der Waals surface area (Å²) in [5.74, 6) is 0.978. The first-order valence-electron chi connectivity index (χ1n) is 8.98. The first kappa shape index (κ1) is 19.2. The molecule has 3 aromatic rings. The molecule has 1 heterocycles. The second-order valence-electron chi connectivity index (χ2n) is 6.88. The maximum atomic E-state index is 12.0. The number of hydrogen-bond donors (Lipinski definition) is 1. The van der Waals surface area contributed by atoms with Crippen LogP contribution < -0.4 is 11.4 Å². The van der Waals surface area contributed by atoms with E-state index < -0.39 is 0 Å². The molecule has 140 valence electrons. The van der Waals surface area contributed by atoms with Crippen LogP contribution in [0.1, 0.15) is 42.0 Å². The van der Waals surface area contributed by atoms with E-state index >= 15 is 0 Å². The molecule has 2 N–H and O–H groups in total. The van der Waals surface area contributed by atoms with Gasteiger partial charge in [-0.15, -0.1) is 0 Å². The van der Waals surface area contributed by atoms with Gasteiger partial charge in [-0.3, -0.25) is 4.99 Å². The van der Waals surface area contributed by atoms with Gasteiger partial charge in [0.05, 0.1) is 6.54 Å². The molecule has 0 saturated heterocycles. The van der Waals surface area contributed by atoms with E-state index in [1.54, 1.807) is 6.07 Å². The van der Waals surface area contributed by atoms with Crippen molar-refractivity contribution in [2.45, 2.75) is 39.0 Å². The van der Waals surface area contributed by atoms with Crippen LogP contribution in [0, 0.1) is 6.92 Å². The quantitative estimate of drug-likeness (QED) is 0.385. The summed E-state index contributed by atoms with van der Waals surface area (Å²) in [6, 6.07) is 15.6. The summed E-state index contributed by atoms with van der Waals surface area (Å²) >= 11 is 1.44. The maximum absolute atomic E-state index is 12.0. The maximum Gasteiger partial charge on any atom is 0.336 e. The van der Waals surface area contributed by atoms with E-state index in [1.807, 2.05) is 43.3 Å². The molecule has 0 fully saturated rings. The average Bonchev–Trinajstić information content (AvgIpc) is 2.64. The van der Waals surface area contributed by atoms with Crippen molar-refractivity contribution in [2.24, 2.45) is 10.7 Å². The van der Waals surface area contributed by atoms with Gasteiger partial charge in [0.2, 0.25) is 0 Å². The summed E-state index contributed by atoms with van der Waals surface area (Å²) in [5.41, 5.74) is 10.8. The molecule has 0 amide bonds. The Bertz CT molecular complexity index is 1020. The molecule has 0 aliphatic heterocycles. The first-order chi connectivity index (χ1) is 12.9. The number of nitrogens with two attached hydrogens (primary N) is 1. The molecular formula is C22H24N2O2S. The largest absolute Gasteiger partial charge is 0.423 e. The molecule has 0 spiro atoms. The van der Waals surface area contributed by atoms with Gasteiger partial charge in [-0.25, -0.2) is 4.79 Å². The molecule has 1 aromatic heterocycles. The fourth-order valence-electron chi connectivity index (χ4n) is 3.08. The molecule has 5 heteroatoms. The molecule has 0 unspecified atom stereocenters. The van der Waals surface area contributed by atoms with Gasteiger partial charge < -0.3 is 10.2 Å². The monoisotopic (exact) mass is 380 g/mol. The van der Waals surface area contributed by atoms with Crippen LogP contribution in [0.2, 0.25) is 0 Å². The Labute approximate surface area is 163 Å². The molecule has 4 nitrogen and oxygen atoms in total. The van der Waals surface area contributed by atoms with Gasteiger partial charge in [0, 0.05) is 17.2 Å². The Hall–Kier alpha value is -2.53. The highest BCUT2D eigenvalue weighted by Gasteiger charge is 2.12. The van der Waals surface area contributed by atoms with Gasteiger partial charge in [0.1, 0.15) is 5.58 Å². The van der Waals surface area contributed by atoms with Crippen molar-refractivity contribution < 1.29 is 4.42 Å². The molecule has 0 aliphatic rings. The molecular weight excluding hydrogens is 356 g/mol. The van der Waals surface area contributed by atoms with Gasteiger partial charge in [-0.2, -0.15) is 0 Å². The van der Waals surface area contributed by atoms with Crippen LogP contribution in [0.5, 0.6) is 0 Å². The highest BCUT2D eigenvalue weighted by Crippen LogP contribution is 2.28. The van der Waals surface area contributed by atoms with E-state index in [0.717, 1.165) is 22.1 Å². The normalized spacial score (nSPS) is 12.1. The van der Waals surface area contributed by atoms with Crippen molar-refractivity contribution >= 4 is 27.9 Å². The van der Waals surface area contributed by atoms with Crippen LogP contribution in [0.25, 0.3) is 11.0 Å². The molecule has 27 heavy (non-hydrogen) atoms. The number of aryl methyl sites for hydroxylation is 1. The molecule has 2 aromatic carbocycles. The Morgan fingerprint density at radius 1 is 1.19 bits per heavy atom. The van der Waals surface area contributed by atoms with Crippen molar-refractivity contribution in [1.29, 1.82) is 0 Å². The Balaban J connectivity index is 1.83. The molecule has 0 bridgehead atoms. The summed E-state index contributed by atoms with van der Waals surface area (Å²) in [7, 11) is 0. The predicted molar refractivity (Wildman–Crippen MR) is 114 cm³/mol. The minimum Gasteiger partial charge on any atom is -0.423 e. The highest BCUT2D eigenvalue weighted by atomic mass is 32.2. The summed E-state index contributed by atoms with van der Waals surface area (Å²) in [4.78, 5) is 16.4. The summed E-state index contributed by atoms with van der Waals surface area (Å²) in [5, 5.41) is 1.48. The molecule has 3 rings (SSSR count). The number of amidine groups is 1. The van der Waals surface area contributed by atoms with Crippen LogP contribution in [-0.4, -0.2) is 5.17 Å². The number of aliphatic imine (C=N–C) groups is 1. The van der Waals surface area contributed by atoms with Crippen molar-refractivity contribution in [1.82, 2.24) is 0 Å². The SMILES string of the molecule is Cc1cc2oc(=O)cc(CSC(N)=NCc3ccccc3)c2cc1C(C)C. The lowest BCUT2D eigenvalue weighted by atomic mass is 9.95. The Kier molecular flexibility index (Phi) is 6.01. The van der Waals surface area contributed by atoms with Gasteiger partial charge in [0.15, 0.2) is 5.17 Å². The number of fused-ring (bicyclic) bond motifs is 1. The third-order valence-corrected chi connectivity index (χ3v) is 5.35. The number of benzene rings is 2. The number of hydrogen-bond acceptors (Lipinski definition) is 4. The fraction of sp³-hybridized carbons (Fsp3) is 0.273. The molecule has 0 aliphatic carbocycles. The third kappa shape index (κ3) is 4.80. The van der Waals surface area contributed by atoms with Gasteiger partial charge in [0.25, 0.3) is 0 Å². The van der Waals surface area contributed by atoms with Crippen molar-refractivity contribution in [2.75, 3.05) is 0 Å². The van der Waals surface area contributed by atoms with E-state index in [4.69, 9.17) is 10.2 Å². The van der Waals surface area contributed by atoms with Crippen LogP contribution in [0.15, 0.2) is 62.7 Å². The number of rotatable bonds is 5. The van der Waals surface area contributed by atoms with Gasteiger partial charge >= 0.3 is 5.63 Å². The number of thioether (sulfide) groups is 1. The van der Waals surface area contributed by atoms with Crippen molar-refractivity contribution in [3.8, 4) is 0 Å². The van der Waals surface area contributed by atoms with E-state index in [9.17, 15) is 4.79 Å². The minimum absolute atomic E-state index is 0.338. The summed E-state index contributed by atoms with van der Waals surface area (Å²) in [6.45, 7) is 6.92. The smallest absolute Gasteiger partial charge is 0.336 e. The third-order valence-electron chi connectivity index (χ3n) is 4.47. The van der Waals surface area contributed by atoms with Crippen LogP contribution in [0.3, 0.4) is 0 Å². The predicted octanol–water partition coefficient (Wildman–Crippen LogP) is 4.97. The van der Waals surface area contributed by atoms with E-state index in [-0.39, 0.29) is 5.63 Å². The number of nitrogens with zero attached hydrogens (tertiary/aromatic N) is 1.